The fourth-order valence-corrected chi connectivity index (χ4v) is 2.42. The maximum Gasteiger partial charge on any atom is 0.338 e. The van der Waals surface area contributed by atoms with Crippen molar-refractivity contribution in [3.05, 3.63) is 42.5 Å². The average molecular weight is 317 g/mol. The molecule has 124 valence electrons. The number of nitrogens with zero attached hydrogens (tertiary/aromatic N) is 2. The van der Waals surface area contributed by atoms with Crippen LogP contribution < -0.4 is 5.32 Å². The number of nitrogens with one attached hydrogen (secondary N) is 1. The van der Waals surface area contributed by atoms with E-state index < -0.39 is 0 Å². The van der Waals surface area contributed by atoms with Crippen molar-refractivity contribution in [2.24, 2.45) is 0 Å². The highest BCUT2D eigenvalue weighted by atomic mass is 16.5. The van der Waals surface area contributed by atoms with Crippen molar-refractivity contribution >= 4 is 17.7 Å². The molecule has 0 radical (unpaired) electrons. The summed E-state index contributed by atoms with van der Waals surface area (Å²) in [6.07, 6.45) is 1.88. The first kappa shape index (κ1) is 17.0. The van der Waals surface area contributed by atoms with Crippen LogP contribution in [0.4, 0.5) is 10.5 Å². The van der Waals surface area contributed by atoms with Crippen LogP contribution in [-0.2, 0) is 4.74 Å². The molecule has 0 saturated carbocycles. The minimum atomic E-state index is -0.358. The number of rotatable bonds is 5. The third-order valence-corrected chi connectivity index (χ3v) is 3.69. The van der Waals surface area contributed by atoms with Crippen LogP contribution in [0, 0.1) is 0 Å². The molecule has 0 unspecified atom stereocenters. The maximum absolute atomic E-state index is 12.2. The zero-order valence-electron chi connectivity index (χ0n) is 13.5. The van der Waals surface area contributed by atoms with E-state index in [1.54, 1.807) is 36.1 Å². The van der Waals surface area contributed by atoms with Gasteiger partial charge in [0.05, 0.1) is 12.2 Å². The Kier molecular flexibility index (Phi) is 6.17. The van der Waals surface area contributed by atoms with E-state index in [1.165, 1.54) is 0 Å². The molecule has 1 aliphatic heterocycles. The molecule has 0 atom stereocenters. The quantitative estimate of drug-likeness (QED) is 0.668. The second-order valence-corrected chi connectivity index (χ2v) is 5.30. The smallest absolute Gasteiger partial charge is 0.338 e. The number of carbonyl (C=O) groups is 2. The third kappa shape index (κ3) is 4.82. The first-order valence-corrected chi connectivity index (χ1v) is 7.80. The number of amides is 2. The summed E-state index contributed by atoms with van der Waals surface area (Å²) in [5.74, 6) is -0.358. The average Bonchev–Trinajstić information content (AvgIpc) is 2.56. The monoisotopic (exact) mass is 317 g/mol. The van der Waals surface area contributed by atoms with E-state index in [4.69, 9.17) is 4.74 Å². The summed E-state index contributed by atoms with van der Waals surface area (Å²) in [7, 11) is 0. The predicted molar refractivity (Wildman–Crippen MR) is 89.6 cm³/mol. The Morgan fingerprint density at radius 3 is 2.43 bits per heavy atom. The topological polar surface area (TPSA) is 61.9 Å². The summed E-state index contributed by atoms with van der Waals surface area (Å²) in [6.45, 7) is 9.77. The van der Waals surface area contributed by atoms with Gasteiger partial charge in [-0.1, -0.05) is 6.08 Å². The molecule has 1 saturated heterocycles. The number of benzene rings is 1. The van der Waals surface area contributed by atoms with Crippen LogP contribution in [-0.4, -0.2) is 61.1 Å². The lowest BCUT2D eigenvalue weighted by Gasteiger charge is -2.34. The molecule has 6 heteroatoms. The molecule has 0 aliphatic carbocycles. The van der Waals surface area contributed by atoms with Crippen molar-refractivity contribution < 1.29 is 14.3 Å². The normalized spacial score (nSPS) is 15.1. The molecule has 1 fully saturated rings. The minimum Gasteiger partial charge on any atom is -0.462 e. The van der Waals surface area contributed by atoms with Crippen LogP contribution in [0.2, 0.25) is 0 Å². The molecular weight excluding hydrogens is 294 g/mol. The Labute approximate surface area is 136 Å². The first-order chi connectivity index (χ1) is 11.1. The molecule has 0 spiro atoms. The summed E-state index contributed by atoms with van der Waals surface area (Å²) in [5.41, 5.74) is 1.14. The molecule has 1 aromatic carbocycles. The number of ether oxygens (including phenoxy) is 1. The molecule has 1 heterocycles. The number of hydrogen-bond acceptors (Lipinski definition) is 4. The lowest BCUT2D eigenvalue weighted by molar-refractivity contribution is 0.0526. The molecule has 0 bridgehead atoms. The Morgan fingerprint density at radius 2 is 1.87 bits per heavy atom. The zero-order chi connectivity index (χ0) is 16.7. The fraction of sp³-hybridized carbons (Fsp3) is 0.412. The Balaban J connectivity index is 1.86. The molecule has 2 rings (SSSR count). The lowest BCUT2D eigenvalue weighted by atomic mass is 10.2. The summed E-state index contributed by atoms with van der Waals surface area (Å²) in [5, 5.41) is 2.85. The van der Waals surface area contributed by atoms with E-state index in [0.29, 0.717) is 30.9 Å². The van der Waals surface area contributed by atoms with Crippen LogP contribution in [0.1, 0.15) is 17.3 Å². The summed E-state index contributed by atoms with van der Waals surface area (Å²) < 4.78 is 4.93. The second-order valence-electron chi connectivity index (χ2n) is 5.30. The van der Waals surface area contributed by atoms with Crippen LogP contribution in [0.15, 0.2) is 36.9 Å². The highest BCUT2D eigenvalue weighted by Gasteiger charge is 2.20. The number of anilines is 1. The van der Waals surface area contributed by atoms with Gasteiger partial charge in [-0.3, -0.25) is 4.90 Å². The van der Waals surface area contributed by atoms with Crippen molar-refractivity contribution in [1.29, 1.82) is 0 Å². The van der Waals surface area contributed by atoms with Crippen molar-refractivity contribution in [2.45, 2.75) is 6.92 Å². The van der Waals surface area contributed by atoms with Gasteiger partial charge in [-0.25, -0.2) is 9.59 Å². The van der Waals surface area contributed by atoms with Crippen molar-refractivity contribution in [3.8, 4) is 0 Å². The SMILES string of the molecule is C=CCN1CCN(C(=O)Nc2ccc(C(=O)OCC)cc2)CC1. The van der Waals surface area contributed by atoms with Gasteiger partial charge >= 0.3 is 12.0 Å². The van der Waals surface area contributed by atoms with Crippen molar-refractivity contribution in [2.75, 3.05) is 44.6 Å². The van der Waals surface area contributed by atoms with Crippen LogP contribution >= 0.6 is 0 Å². The largest absolute Gasteiger partial charge is 0.462 e. The first-order valence-electron chi connectivity index (χ1n) is 7.80. The summed E-state index contributed by atoms with van der Waals surface area (Å²) in [6, 6.07) is 6.59. The zero-order valence-corrected chi connectivity index (χ0v) is 13.5. The van der Waals surface area contributed by atoms with E-state index in [9.17, 15) is 9.59 Å². The number of hydrogen-bond donors (Lipinski definition) is 1. The standard InChI is InChI=1S/C17H23N3O3/c1-3-9-19-10-12-20(13-11-19)17(22)18-15-7-5-14(6-8-15)16(21)23-4-2/h3,5-8H,1,4,9-13H2,2H3,(H,18,22). The molecule has 0 aromatic heterocycles. The minimum absolute atomic E-state index is 0.118. The van der Waals surface area contributed by atoms with Gasteiger partial charge in [0.2, 0.25) is 0 Å². The molecule has 1 aromatic rings. The lowest BCUT2D eigenvalue weighted by Crippen LogP contribution is -2.49. The van der Waals surface area contributed by atoms with Crippen LogP contribution in [0.5, 0.6) is 0 Å². The molecule has 23 heavy (non-hydrogen) atoms. The molecule has 1 aliphatic rings. The third-order valence-electron chi connectivity index (χ3n) is 3.69. The highest BCUT2D eigenvalue weighted by Crippen LogP contribution is 2.12. The van der Waals surface area contributed by atoms with Gasteiger partial charge in [0.15, 0.2) is 0 Å². The fourth-order valence-electron chi connectivity index (χ4n) is 2.42. The van der Waals surface area contributed by atoms with Gasteiger partial charge in [-0.2, -0.15) is 0 Å². The summed E-state index contributed by atoms with van der Waals surface area (Å²) >= 11 is 0. The Hall–Kier alpha value is -2.34. The number of esters is 1. The second kappa shape index (κ2) is 8.33. The molecule has 2 amide bonds. The van der Waals surface area contributed by atoms with Crippen molar-refractivity contribution in [1.82, 2.24) is 9.80 Å². The van der Waals surface area contributed by atoms with Crippen molar-refractivity contribution in [3.63, 3.8) is 0 Å². The van der Waals surface area contributed by atoms with Gasteiger partial charge in [-0.05, 0) is 31.2 Å². The van der Waals surface area contributed by atoms with Gasteiger partial charge in [0, 0.05) is 38.4 Å². The maximum atomic E-state index is 12.2. The van der Waals surface area contributed by atoms with E-state index in [0.717, 1.165) is 19.6 Å². The number of piperazine rings is 1. The molecular formula is C17H23N3O3. The van der Waals surface area contributed by atoms with Crippen LogP contribution in [0.3, 0.4) is 0 Å². The number of carbonyl (C=O) groups excluding carboxylic acids is 2. The van der Waals surface area contributed by atoms with E-state index >= 15 is 0 Å². The number of urea groups is 1. The van der Waals surface area contributed by atoms with Gasteiger partial charge in [0.1, 0.15) is 0 Å². The van der Waals surface area contributed by atoms with E-state index in [-0.39, 0.29) is 12.0 Å². The van der Waals surface area contributed by atoms with E-state index in [1.807, 2.05) is 6.08 Å². The highest BCUT2D eigenvalue weighted by molar-refractivity contribution is 5.92. The molecule has 1 N–H and O–H groups in total. The van der Waals surface area contributed by atoms with Crippen LogP contribution in [0.25, 0.3) is 0 Å². The van der Waals surface area contributed by atoms with E-state index in [2.05, 4.69) is 16.8 Å². The van der Waals surface area contributed by atoms with Gasteiger partial charge < -0.3 is 15.0 Å². The predicted octanol–water partition coefficient (Wildman–Crippen LogP) is 2.20. The van der Waals surface area contributed by atoms with Gasteiger partial charge in [-0.15, -0.1) is 6.58 Å². The van der Waals surface area contributed by atoms with Gasteiger partial charge in [0.25, 0.3) is 0 Å². The Bertz CT molecular complexity index is 549. The Morgan fingerprint density at radius 1 is 1.22 bits per heavy atom. The molecule has 6 nitrogen and oxygen atoms in total. The summed E-state index contributed by atoms with van der Waals surface area (Å²) in [4.78, 5) is 27.9.